The minimum absolute atomic E-state index is 0.201. The quantitative estimate of drug-likeness (QED) is 0.857. The van der Waals surface area contributed by atoms with Gasteiger partial charge in [-0.1, -0.05) is 6.92 Å². The second kappa shape index (κ2) is 7.13. The normalized spacial score (nSPS) is 10.3. The van der Waals surface area contributed by atoms with Crippen molar-refractivity contribution >= 4 is 28.2 Å². The first-order valence-electron chi connectivity index (χ1n) is 6.95. The van der Waals surface area contributed by atoms with E-state index in [0.29, 0.717) is 10.6 Å². The zero-order chi connectivity index (χ0) is 16.1. The maximum atomic E-state index is 12.2. The lowest BCUT2D eigenvalue weighted by molar-refractivity contribution is 0.0528. The predicted octanol–water partition coefficient (Wildman–Crippen LogP) is 2.84. The average molecular weight is 319 g/mol. The van der Waals surface area contributed by atoms with Gasteiger partial charge in [-0.2, -0.15) is 0 Å². The molecule has 0 fully saturated rings. The molecule has 0 radical (unpaired) electrons. The summed E-state index contributed by atoms with van der Waals surface area (Å²) in [4.78, 5) is 33.2. The van der Waals surface area contributed by atoms with Crippen LogP contribution in [0, 0.1) is 6.92 Å². The second-order valence-corrected chi connectivity index (χ2v) is 5.66. The van der Waals surface area contributed by atoms with Crippen LogP contribution in [0.25, 0.3) is 0 Å². The van der Waals surface area contributed by atoms with Gasteiger partial charge in [0.2, 0.25) is 0 Å². The number of carbonyl (C=O) groups is 2. The Morgan fingerprint density at radius 1 is 1.27 bits per heavy atom. The Hall–Kier alpha value is -2.28. The molecule has 116 valence electrons. The number of aryl methyl sites for hydroxylation is 2. The van der Waals surface area contributed by atoms with Gasteiger partial charge in [0.15, 0.2) is 0 Å². The summed E-state index contributed by atoms with van der Waals surface area (Å²) in [6.07, 6.45) is 3.70. The number of rotatable bonds is 5. The van der Waals surface area contributed by atoms with Crippen LogP contribution < -0.4 is 5.32 Å². The number of nitrogens with one attached hydrogen (secondary N) is 1. The van der Waals surface area contributed by atoms with Crippen LogP contribution in [0.3, 0.4) is 0 Å². The van der Waals surface area contributed by atoms with Gasteiger partial charge in [-0.05, 0) is 26.3 Å². The summed E-state index contributed by atoms with van der Waals surface area (Å²) >= 11 is 1.36. The lowest BCUT2D eigenvalue weighted by Gasteiger charge is -2.05. The van der Waals surface area contributed by atoms with Crippen molar-refractivity contribution in [1.29, 1.82) is 0 Å². The zero-order valence-corrected chi connectivity index (χ0v) is 13.5. The fourth-order valence-electron chi connectivity index (χ4n) is 1.75. The fourth-order valence-corrected chi connectivity index (χ4v) is 2.73. The highest BCUT2D eigenvalue weighted by Crippen LogP contribution is 2.29. The first kappa shape index (κ1) is 16.1. The van der Waals surface area contributed by atoms with E-state index in [4.69, 9.17) is 4.74 Å². The second-order valence-electron chi connectivity index (χ2n) is 4.53. The largest absolute Gasteiger partial charge is 0.462 e. The molecule has 2 rings (SSSR count). The Kier molecular flexibility index (Phi) is 5.21. The lowest BCUT2D eigenvalue weighted by atomic mass is 10.2. The molecular weight excluding hydrogens is 302 g/mol. The van der Waals surface area contributed by atoms with Crippen molar-refractivity contribution < 1.29 is 14.3 Å². The van der Waals surface area contributed by atoms with Crippen molar-refractivity contribution in [3.63, 3.8) is 0 Å². The van der Waals surface area contributed by atoms with Crippen molar-refractivity contribution in [2.24, 2.45) is 0 Å². The van der Waals surface area contributed by atoms with E-state index in [1.165, 1.54) is 23.7 Å². The van der Waals surface area contributed by atoms with E-state index in [-0.39, 0.29) is 12.3 Å². The Bertz CT molecular complexity index is 680. The van der Waals surface area contributed by atoms with Gasteiger partial charge in [0, 0.05) is 11.1 Å². The van der Waals surface area contributed by atoms with Crippen LogP contribution in [-0.2, 0) is 11.2 Å². The van der Waals surface area contributed by atoms with Crippen LogP contribution in [0.5, 0.6) is 0 Å². The average Bonchev–Trinajstić information content (AvgIpc) is 2.91. The van der Waals surface area contributed by atoms with E-state index in [1.54, 1.807) is 19.9 Å². The maximum absolute atomic E-state index is 12.2. The Labute approximate surface area is 132 Å². The van der Waals surface area contributed by atoms with Gasteiger partial charge >= 0.3 is 5.97 Å². The smallest absolute Gasteiger partial charge is 0.341 e. The van der Waals surface area contributed by atoms with E-state index in [1.807, 2.05) is 6.92 Å². The van der Waals surface area contributed by atoms with E-state index >= 15 is 0 Å². The Morgan fingerprint density at radius 3 is 2.64 bits per heavy atom. The third kappa shape index (κ3) is 3.67. The number of carbonyl (C=O) groups excluding carboxylic acids is 2. The molecule has 0 aliphatic carbocycles. The minimum atomic E-state index is -0.441. The molecule has 0 spiro atoms. The molecule has 2 aromatic heterocycles. The van der Waals surface area contributed by atoms with Crippen molar-refractivity contribution in [1.82, 2.24) is 9.97 Å². The van der Waals surface area contributed by atoms with E-state index < -0.39 is 11.9 Å². The number of nitrogens with zero attached hydrogens (tertiary/aromatic N) is 2. The lowest BCUT2D eigenvalue weighted by Crippen LogP contribution is -2.15. The molecule has 6 nitrogen and oxygen atoms in total. The number of amides is 1. The van der Waals surface area contributed by atoms with Crippen LogP contribution in [0.15, 0.2) is 18.5 Å². The topological polar surface area (TPSA) is 81.2 Å². The van der Waals surface area contributed by atoms with Crippen LogP contribution in [0.4, 0.5) is 5.00 Å². The first-order chi connectivity index (χ1) is 10.5. The summed E-state index contributed by atoms with van der Waals surface area (Å²) in [6.45, 7) is 5.80. The summed E-state index contributed by atoms with van der Waals surface area (Å²) in [6, 6.07) is 1.75. The molecule has 1 amide bonds. The third-order valence-electron chi connectivity index (χ3n) is 2.87. The molecule has 0 bridgehead atoms. The van der Waals surface area contributed by atoms with Gasteiger partial charge in [-0.3, -0.25) is 9.78 Å². The van der Waals surface area contributed by atoms with Gasteiger partial charge in [0.25, 0.3) is 5.91 Å². The molecule has 0 saturated heterocycles. The summed E-state index contributed by atoms with van der Waals surface area (Å²) in [5.41, 5.74) is 1.30. The van der Waals surface area contributed by atoms with E-state index in [2.05, 4.69) is 15.3 Å². The van der Waals surface area contributed by atoms with Gasteiger partial charge in [-0.15, -0.1) is 11.3 Å². The number of thiophene rings is 1. The molecule has 22 heavy (non-hydrogen) atoms. The van der Waals surface area contributed by atoms with E-state index in [9.17, 15) is 9.59 Å². The molecule has 0 atom stereocenters. The SMILES string of the molecule is CCOC(=O)c1cc(CC)sc1NC(=O)c1cnc(C)cn1. The molecule has 2 heterocycles. The zero-order valence-electron chi connectivity index (χ0n) is 12.7. The van der Waals surface area contributed by atoms with Gasteiger partial charge < -0.3 is 10.1 Å². The number of anilines is 1. The van der Waals surface area contributed by atoms with Crippen LogP contribution in [0.2, 0.25) is 0 Å². The molecule has 0 aromatic carbocycles. The first-order valence-corrected chi connectivity index (χ1v) is 7.76. The molecule has 2 aromatic rings. The molecule has 7 heteroatoms. The van der Waals surface area contributed by atoms with Gasteiger partial charge in [0.1, 0.15) is 10.7 Å². The number of hydrogen-bond donors (Lipinski definition) is 1. The standard InChI is InChI=1S/C15H17N3O3S/c1-4-10-6-11(15(20)21-5-2)14(22-10)18-13(19)12-8-16-9(3)7-17-12/h6-8H,4-5H2,1-3H3,(H,18,19). The monoisotopic (exact) mass is 319 g/mol. The third-order valence-corrected chi connectivity index (χ3v) is 4.06. The number of esters is 1. The number of ether oxygens (including phenoxy) is 1. The van der Waals surface area contributed by atoms with Crippen LogP contribution >= 0.6 is 11.3 Å². The van der Waals surface area contributed by atoms with Crippen molar-refractivity contribution in [2.75, 3.05) is 11.9 Å². The molecule has 0 aliphatic rings. The molecular formula is C15H17N3O3S. The number of aromatic nitrogens is 2. The summed E-state index contributed by atoms with van der Waals surface area (Å²) < 4.78 is 5.02. The molecule has 0 aliphatic heterocycles. The molecule has 0 unspecified atom stereocenters. The van der Waals surface area contributed by atoms with Crippen molar-refractivity contribution in [2.45, 2.75) is 27.2 Å². The summed E-state index contributed by atoms with van der Waals surface area (Å²) in [7, 11) is 0. The van der Waals surface area contributed by atoms with Crippen LogP contribution in [-0.4, -0.2) is 28.5 Å². The van der Waals surface area contributed by atoms with Crippen LogP contribution in [0.1, 0.15) is 45.3 Å². The van der Waals surface area contributed by atoms with E-state index in [0.717, 1.165) is 17.0 Å². The van der Waals surface area contributed by atoms with Crippen molar-refractivity contribution in [3.8, 4) is 0 Å². The number of hydrogen-bond acceptors (Lipinski definition) is 6. The summed E-state index contributed by atoms with van der Waals surface area (Å²) in [5, 5.41) is 3.19. The predicted molar refractivity (Wildman–Crippen MR) is 84.4 cm³/mol. The highest BCUT2D eigenvalue weighted by Gasteiger charge is 2.19. The van der Waals surface area contributed by atoms with Gasteiger partial charge in [0.05, 0.1) is 24.1 Å². The highest BCUT2D eigenvalue weighted by molar-refractivity contribution is 7.16. The summed E-state index contributed by atoms with van der Waals surface area (Å²) in [5.74, 6) is -0.841. The fraction of sp³-hybridized carbons (Fsp3) is 0.333. The maximum Gasteiger partial charge on any atom is 0.341 e. The Balaban J connectivity index is 2.24. The molecule has 0 saturated carbocycles. The molecule has 1 N–H and O–H groups in total. The van der Waals surface area contributed by atoms with Crippen molar-refractivity contribution in [3.05, 3.63) is 40.3 Å². The highest BCUT2D eigenvalue weighted by atomic mass is 32.1. The minimum Gasteiger partial charge on any atom is -0.462 e. The Morgan fingerprint density at radius 2 is 2.05 bits per heavy atom. The van der Waals surface area contributed by atoms with Gasteiger partial charge in [-0.25, -0.2) is 9.78 Å².